The van der Waals surface area contributed by atoms with E-state index in [1.807, 2.05) is 37.3 Å². The molecule has 0 spiro atoms. The van der Waals surface area contributed by atoms with Crippen molar-refractivity contribution >= 4 is 33.6 Å². The van der Waals surface area contributed by atoms with Gasteiger partial charge in [-0.15, -0.1) is 11.8 Å². The number of methoxy groups -OCH3 is 2. The minimum atomic E-state index is -0.161. The first-order chi connectivity index (χ1) is 12.0. The fourth-order valence-electron chi connectivity index (χ4n) is 2.38. The summed E-state index contributed by atoms with van der Waals surface area (Å²) in [6.45, 7) is 1.94. The third-order valence-electron chi connectivity index (χ3n) is 3.70. The summed E-state index contributed by atoms with van der Waals surface area (Å²) in [6.07, 6.45) is 0. The number of nitrogens with one attached hydrogen (secondary N) is 1. The highest BCUT2D eigenvalue weighted by Crippen LogP contribution is 2.29. The third kappa shape index (κ3) is 5.97. The van der Waals surface area contributed by atoms with Crippen LogP contribution in [-0.2, 0) is 10.5 Å². The number of halogens is 1. The number of hydrogen-bond donors (Lipinski definition) is 1. The van der Waals surface area contributed by atoms with Gasteiger partial charge >= 0.3 is 0 Å². The van der Waals surface area contributed by atoms with Crippen LogP contribution in [0.3, 0.4) is 0 Å². The van der Waals surface area contributed by atoms with Gasteiger partial charge in [0.1, 0.15) is 11.5 Å². The van der Waals surface area contributed by atoms with Crippen molar-refractivity contribution < 1.29 is 14.3 Å². The van der Waals surface area contributed by atoms with Crippen LogP contribution in [0.4, 0.5) is 0 Å². The van der Waals surface area contributed by atoms with E-state index in [1.165, 1.54) is 5.56 Å². The second-order valence-corrected chi connectivity index (χ2v) is 7.42. The van der Waals surface area contributed by atoms with Crippen molar-refractivity contribution in [1.82, 2.24) is 5.32 Å². The van der Waals surface area contributed by atoms with Crippen molar-refractivity contribution in [1.29, 1.82) is 0 Å². The first-order valence-corrected chi connectivity index (χ1v) is 9.81. The minimum Gasteiger partial charge on any atom is -0.497 e. The average molecular weight is 424 g/mol. The van der Waals surface area contributed by atoms with Gasteiger partial charge in [0.15, 0.2) is 0 Å². The molecule has 0 saturated carbocycles. The molecule has 25 heavy (non-hydrogen) atoms. The van der Waals surface area contributed by atoms with Crippen LogP contribution < -0.4 is 14.8 Å². The lowest BCUT2D eigenvalue weighted by Gasteiger charge is -2.18. The monoisotopic (exact) mass is 423 g/mol. The molecule has 2 rings (SSSR count). The van der Waals surface area contributed by atoms with Gasteiger partial charge in [0.05, 0.1) is 26.0 Å². The standard InChI is InChI=1S/C19H22BrNO3S/c1-13(17-10-16(23-2)8-9-18(17)24-3)21-19(22)12-25-11-14-4-6-15(20)7-5-14/h4-10,13H,11-12H2,1-3H3,(H,21,22)/t13-/m1/s1. The number of benzene rings is 2. The largest absolute Gasteiger partial charge is 0.497 e. The van der Waals surface area contributed by atoms with E-state index < -0.39 is 0 Å². The Kier molecular flexibility index (Phi) is 7.65. The quantitative estimate of drug-likeness (QED) is 0.674. The molecule has 0 aliphatic carbocycles. The van der Waals surface area contributed by atoms with Gasteiger partial charge in [0.25, 0.3) is 0 Å². The van der Waals surface area contributed by atoms with Gasteiger partial charge in [0.2, 0.25) is 5.91 Å². The summed E-state index contributed by atoms with van der Waals surface area (Å²) in [7, 11) is 3.24. The molecule has 6 heteroatoms. The Morgan fingerprint density at radius 3 is 2.52 bits per heavy atom. The Morgan fingerprint density at radius 1 is 1.16 bits per heavy atom. The summed E-state index contributed by atoms with van der Waals surface area (Å²) >= 11 is 5.01. The van der Waals surface area contributed by atoms with Crippen LogP contribution in [-0.4, -0.2) is 25.9 Å². The van der Waals surface area contributed by atoms with Crippen molar-refractivity contribution in [3.05, 3.63) is 58.1 Å². The number of carbonyl (C=O) groups is 1. The zero-order valence-electron chi connectivity index (χ0n) is 14.5. The van der Waals surface area contributed by atoms with Gasteiger partial charge < -0.3 is 14.8 Å². The first kappa shape index (κ1) is 19.7. The number of hydrogen-bond acceptors (Lipinski definition) is 4. The van der Waals surface area contributed by atoms with Gasteiger partial charge in [0, 0.05) is 15.8 Å². The highest BCUT2D eigenvalue weighted by atomic mass is 79.9. The summed E-state index contributed by atoms with van der Waals surface area (Å²) in [6, 6.07) is 13.5. The Bertz CT molecular complexity index is 706. The zero-order valence-corrected chi connectivity index (χ0v) is 16.9. The Balaban J connectivity index is 1.88. The summed E-state index contributed by atoms with van der Waals surface area (Å²) in [5, 5.41) is 3.01. The molecule has 0 bridgehead atoms. The number of thioether (sulfide) groups is 1. The number of amides is 1. The second kappa shape index (κ2) is 9.73. The van der Waals surface area contributed by atoms with E-state index in [1.54, 1.807) is 26.0 Å². The second-order valence-electron chi connectivity index (χ2n) is 5.52. The lowest BCUT2D eigenvalue weighted by atomic mass is 10.1. The number of carbonyl (C=O) groups excluding carboxylic acids is 1. The number of ether oxygens (including phenoxy) is 2. The Labute approximate surface area is 161 Å². The lowest BCUT2D eigenvalue weighted by Crippen LogP contribution is -2.28. The van der Waals surface area contributed by atoms with Crippen molar-refractivity contribution in [2.24, 2.45) is 0 Å². The maximum atomic E-state index is 12.2. The van der Waals surface area contributed by atoms with Crippen molar-refractivity contribution in [2.75, 3.05) is 20.0 Å². The van der Waals surface area contributed by atoms with E-state index in [9.17, 15) is 4.79 Å². The molecule has 4 nitrogen and oxygen atoms in total. The van der Waals surface area contributed by atoms with Crippen molar-refractivity contribution in [2.45, 2.75) is 18.7 Å². The van der Waals surface area contributed by atoms with Crippen LogP contribution in [0, 0.1) is 0 Å². The van der Waals surface area contributed by atoms with Gasteiger partial charge in [-0.25, -0.2) is 0 Å². The Hall–Kier alpha value is -1.66. The van der Waals surface area contributed by atoms with E-state index >= 15 is 0 Å². The molecule has 0 aromatic heterocycles. The highest BCUT2D eigenvalue weighted by molar-refractivity contribution is 9.10. The smallest absolute Gasteiger partial charge is 0.230 e. The molecule has 1 amide bonds. The summed E-state index contributed by atoms with van der Waals surface area (Å²) in [5.74, 6) is 2.68. The fraction of sp³-hybridized carbons (Fsp3) is 0.316. The SMILES string of the molecule is COc1ccc(OC)c([C@@H](C)NC(=O)CSCc2ccc(Br)cc2)c1. The average Bonchev–Trinajstić information content (AvgIpc) is 2.62. The first-order valence-electron chi connectivity index (χ1n) is 7.87. The predicted octanol–water partition coefficient (Wildman–Crippen LogP) is 4.58. The zero-order chi connectivity index (χ0) is 18.2. The molecule has 0 fully saturated rings. The summed E-state index contributed by atoms with van der Waals surface area (Å²) < 4.78 is 11.7. The van der Waals surface area contributed by atoms with Crippen LogP contribution in [0.15, 0.2) is 46.9 Å². The molecule has 2 aromatic rings. The molecular weight excluding hydrogens is 402 g/mol. The molecule has 2 aromatic carbocycles. The van der Waals surface area contributed by atoms with Crippen LogP contribution in [0.2, 0.25) is 0 Å². The number of rotatable bonds is 8. The van der Waals surface area contributed by atoms with Crippen LogP contribution in [0.1, 0.15) is 24.1 Å². The van der Waals surface area contributed by atoms with E-state index in [0.717, 1.165) is 27.3 Å². The lowest BCUT2D eigenvalue weighted by molar-refractivity contribution is -0.119. The van der Waals surface area contributed by atoms with E-state index in [-0.39, 0.29) is 11.9 Å². The van der Waals surface area contributed by atoms with E-state index in [2.05, 4.69) is 33.4 Å². The van der Waals surface area contributed by atoms with E-state index in [4.69, 9.17) is 9.47 Å². The molecule has 0 heterocycles. The van der Waals surface area contributed by atoms with Gasteiger partial charge in [-0.05, 0) is 42.8 Å². The molecule has 0 unspecified atom stereocenters. The van der Waals surface area contributed by atoms with E-state index in [0.29, 0.717) is 5.75 Å². The molecule has 0 radical (unpaired) electrons. The van der Waals surface area contributed by atoms with Gasteiger partial charge in [-0.2, -0.15) is 0 Å². The highest BCUT2D eigenvalue weighted by Gasteiger charge is 2.15. The molecule has 134 valence electrons. The Morgan fingerprint density at radius 2 is 1.88 bits per heavy atom. The molecular formula is C19H22BrNO3S. The minimum absolute atomic E-state index is 0.000477. The van der Waals surface area contributed by atoms with Gasteiger partial charge in [-0.1, -0.05) is 28.1 Å². The van der Waals surface area contributed by atoms with Crippen molar-refractivity contribution in [3.63, 3.8) is 0 Å². The van der Waals surface area contributed by atoms with Crippen LogP contribution in [0.25, 0.3) is 0 Å². The molecule has 0 aliphatic rings. The van der Waals surface area contributed by atoms with Crippen LogP contribution in [0.5, 0.6) is 11.5 Å². The summed E-state index contributed by atoms with van der Waals surface area (Å²) in [5.41, 5.74) is 2.09. The van der Waals surface area contributed by atoms with Crippen LogP contribution >= 0.6 is 27.7 Å². The summed E-state index contributed by atoms with van der Waals surface area (Å²) in [4.78, 5) is 12.2. The maximum Gasteiger partial charge on any atom is 0.230 e. The molecule has 1 N–H and O–H groups in total. The topological polar surface area (TPSA) is 47.6 Å². The third-order valence-corrected chi connectivity index (χ3v) is 5.23. The molecule has 0 aliphatic heterocycles. The van der Waals surface area contributed by atoms with Gasteiger partial charge in [-0.3, -0.25) is 4.79 Å². The maximum absolute atomic E-state index is 12.2. The predicted molar refractivity (Wildman–Crippen MR) is 106 cm³/mol. The normalized spacial score (nSPS) is 11.7. The molecule has 1 atom stereocenters. The van der Waals surface area contributed by atoms with Crippen molar-refractivity contribution in [3.8, 4) is 11.5 Å². The molecule has 0 saturated heterocycles. The fourth-order valence-corrected chi connectivity index (χ4v) is 3.44.